The van der Waals surface area contributed by atoms with Gasteiger partial charge in [0.05, 0.1) is 12.2 Å². The molecule has 102 valence electrons. The summed E-state index contributed by atoms with van der Waals surface area (Å²) in [6.07, 6.45) is 4.73. The predicted molar refractivity (Wildman–Crippen MR) is 70.3 cm³/mol. The van der Waals surface area contributed by atoms with Gasteiger partial charge in [-0.3, -0.25) is 4.68 Å². The molecule has 0 saturated heterocycles. The number of halogens is 1. The molecular formula is C10H10ClN9. The van der Waals surface area contributed by atoms with E-state index in [2.05, 4.69) is 35.5 Å². The highest BCUT2D eigenvalue weighted by molar-refractivity contribution is 6.28. The van der Waals surface area contributed by atoms with Gasteiger partial charge in [-0.25, -0.2) is 4.98 Å². The maximum absolute atomic E-state index is 5.87. The van der Waals surface area contributed by atoms with Crippen LogP contribution >= 0.6 is 11.6 Å². The Hall–Kier alpha value is -2.55. The van der Waals surface area contributed by atoms with Crippen molar-refractivity contribution in [2.75, 3.05) is 5.32 Å². The highest BCUT2D eigenvalue weighted by Crippen LogP contribution is 2.09. The van der Waals surface area contributed by atoms with E-state index in [-0.39, 0.29) is 5.28 Å². The van der Waals surface area contributed by atoms with Gasteiger partial charge < -0.3 is 5.32 Å². The zero-order valence-corrected chi connectivity index (χ0v) is 11.2. The lowest BCUT2D eigenvalue weighted by Crippen LogP contribution is -2.09. The minimum absolute atomic E-state index is 0.0778. The lowest BCUT2D eigenvalue weighted by Gasteiger charge is -2.05. The molecule has 10 heteroatoms. The summed E-state index contributed by atoms with van der Waals surface area (Å²) in [5.41, 5.74) is 0.867. The van der Waals surface area contributed by atoms with E-state index in [1.807, 2.05) is 19.3 Å². The highest BCUT2D eigenvalue weighted by atomic mass is 35.5. The van der Waals surface area contributed by atoms with Crippen LogP contribution in [0.2, 0.25) is 5.28 Å². The fraction of sp³-hybridized carbons (Fsp3) is 0.200. The van der Waals surface area contributed by atoms with E-state index in [9.17, 15) is 0 Å². The van der Waals surface area contributed by atoms with Crippen molar-refractivity contribution in [3.8, 4) is 5.95 Å². The third kappa shape index (κ3) is 2.72. The van der Waals surface area contributed by atoms with Crippen molar-refractivity contribution in [1.29, 1.82) is 0 Å². The van der Waals surface area contributed by atoms with E-state index in [1.54, 1.807) is 4.68 Å². The summed E-state index contributed by atoms with van der Waals surface area (Å²) in [5.74, 6) is 0.646. The summed E-state index contributed by atoms with van der Waals surface area (Å²) in [6.45, 7) is 0.484. The van der Waals surface area contributed by atoms with Crippen molar-refractivity contribution in [2.24, 2.45) is 7.05 Å². The van der Waals surface area contributed by atoms with Crippen LogP contribution in [0.5, 0.6) is 0 Å². The Morgan fingerprint density at radius 3 is 2.90 bits per heavy atom. The fourth-order valence-corrected chi connectivity index (χ4v) is 1.72. The second kappa shape index (κ2) is 5.21. The quantitative estimate of drug-likeness (QED) is 0.745. The summed E-state index contributed by atoms with van der Waals surface area (Å²) in [6, 6.07) is 1.90. The van der Waals surface area contributed by atoms with Crippen LogP contribution in [0.1, 0.15) is 5.69 Å². The molecule has 0 atom stereocenters. The van der Waals surface area contributed by atoms with E-state index in [0.29, 0.717) is 18.4 Å². The van der Waals surface area contributed by atoms with Crippen molar-refractivity contribution >= 4 is 17.5 Å². The molecule has 3 aromatic heterocycles. The number of anilines is 1. The zero-order chi connectivity index (χ0) is 13.9. The standard InChI is InChI=1S/C10H10ClN9/c1-19-3-2-7(18-19)4-13-9-15-8(11)16-10(17-9)20-6-12-5-14-20/h2-3,5-6H,4H2,1H3,(H,13,15,16,17). The average Bonchev–Trinajstić information content (AvgIpc) is 3.07. The highest BCUT2D eigenvalue weighted by Gasteiger charge is 2.07. The average molecular weight is 292 g/mol. The van der Waals surface area contributed by atoms with Gasteiger partial charge in [0, 0.05) is 13.2 Å². The molecule has 9 nitrogen and oxygen atoms in total. The third-order valence-electron chi connectivity index (χ3n) is 2.42. The number of hydrogen-bond donors (Lipinski definition) is 1. The largest absolute Gasteiger partial charge is 0.348 e. The lowest BCUT2D eigenvalue weighted by molar-refractivity contribution is 0.745. The van der Waals surface area contributed by atoms with Gasteiger partial charge in [0.15, 0.2) is 0 Å². The van der Waals surface area contributed by atoms with E-state index >= 15 is 0 Å². The molecule has 0 aliphatic carbocycles. The SMILES string of the molecule is Cn1ccc(CNc2nc(Cl)nc(-n3cncn3)n2)n1. The molecule has 3 aromatic rings. The number of rotatable bonds is 4. The van der Waals surface area contributed by atoms with Crippen LogP contribution < -0.4 is 5.32 Å². The molecule has 1 N–H and O–H groups in total. The summed E-state index contributed by atoms with van der Waals surface area (Å²) >= 11 is 5.87. The number of aryl methyl sites for hydroxylation is 1. The topological polar surface area (TPSA) is 99.2 Å². The fourth-order valence-electron chi connectivity index (χ4n) is 1.56. The minimum Gasteiger partial charge on any atom is -0.348 e. The number of nitrogens with one attached hydrogen (secondary N) is 1. The van der Waals surface area contributed by atoms with Crippen LogP contribution in [0.15, 0.2) is 24.9 Å². The van der Waals surface area contributed by atoms with Crippen molar-refractivity contribution in [3.63, 3.8) is 0 Å². The van der Waals surface area contributed by atoms with Gasteiger partial charge in [-0.2, -0.15) is 29.8 Å². The van der Waals surface area contributed by atoms with Gasteiger partial charge in [0.2, 0.25) is 11.2 Å². The third-order valence-corrected chi connectivity index (χ3v) is 2.59. The monoisotopic (exact) mass is 291 g/mol. The smallest absolute Gasteiger partial charge is 0.258 e. The molecule has 0 aliphatic rings. The van der Waals surface area contributed by atoms with Crippen molar-refractivity contribution in [3.05, 3.63) is 35.9 Å². The van der Waals surface area contributed by atoms with Gasteiger partial charge in [0.1, 0.15) is 12.7 Å². The van der Waals surface area contributed by atoms with Crippen LogP contribution in [0.25, 0.3) is 5.95 Å². The maximum Gasteiger partial charge on any atom is 0.258 e. The molecule has 0 spiro atoms. The first-order chi connectivity index (χ1) is 9.70. The summed E-state index contributed by atoms with van der Waals surface area (Å²) < 4.78 is 3.12. The molecule has 0 aliphatic heterocycles. The molecule has 0 saturated carbocycles. The lowest BCUT2D eigenvalue weighted by atomic mass is 10.4. The van der Waals surface area contributed by atoms with E-state index < -0.39 is 0 Å². The molecule has 3 rings (SSSR count). The molecule has 0 aromatic carbocycles. The maximum atomic E-state index is 5.87. The van der Waals surface area contributed by atoms with Crippen molar-refractivity contribution in [2.45, 2.75) is 6.54 Å². The number of hydrogen-bond acceptors (Lipinski definition) is 7. The van der Waals surface area contributed by atoms with Crippen LogP contribution in [0, 0.1) is 0 Å². The summed E-state index contributed by atoms with van der Waals surface area (Å²) in [7, 11) is 1.85. The molecule has 0 fully saturated rings. The molecule has 20 heavy (non-hydrogen) atoms. The first-order valence-corrected chi connectivity index (χ1v) is 6.07. The first-order valence-electron chi connectivity index (χ1n) is 5.70. The van der Waals surface area contributed by atoms with Gasteiger partial charge in [-0.05, 0) is 17.7 Å². The van der Waals surface area contributed by atoms with Crippen molar-refractivity contribution in [1.82, 2.24) is 39.5 Å². The molecule has 0 amide bonds. The second-order valence-corrected chi connectivity index (χ2v) is 4.24. The Morgan fingerprint density at radius 2 is 2.20 bits per heavy atom. The molecule has 0 radical (unpaired) electrons. The van der Waals surface area contributed by atoms with E-state index in [0.717, 1.165) is 5.69 Å². The van der Waals surface area contributed by atoms with Crippen LogP contribution in [-0.2, 0) is 13.6 Å². The van der Waals surface area contributed by atoms with Crippen LogP contribution in [0.4, 0.5) is 5.95 Å². The zero-order valence-electron chi connectivity index (χ0n) is 10.5. The number of nitrogens with zero attached hydrogens (tertiary/aromatic N) is 8. The Labute approximate surface area is 118 Å². The van der Waals surface area contributed by atoms with Gasteiger partial charge in [-0.15, -0.1) is 0 Å². The van der Waals surface area contributed by atoms with Crippen LogP contribution in [-0.4, -0.2) is 39.5 Å². The second-order valence-electron chi connectivity index (χ2n) is 3.90. The Bertz CT molecular complexity index is 705. The minimum atomic E-state index is 0.0778. The van der Waals surface area contributed by atoms with Gasteiger partial charge in [0.25, 0.3) is 5.95 Å². The summed E-state index contributed by atoms with van der Waals surface area (Å²) in [4.78, 5) is 16.0. The molecule has 3 heterocycles. The predicted octanol–water partition coefficient (Wildman–Crippen LogP) is 0.451. The van der Waals surface area contributed by atoms with E-state index in [1.165, 1.54) is 17.3 Å². The normalized spacial score (nSPS) is 10.7. The molecular weight excluding hydrogens is 282 g/mol. The number of aromatic nitrogens is 8. The van der Waals surface area contributed by atoms with Crippen LogP contribution in [0.3, 0.4) is 0 Å². The molecule has 0 bridgehead atoms. The Balaban J connectivity index is 1.79. The summed E-state index contributed by atoms with van der Waals surface area (Å²) in [5, 5.41) is 11.3. The van der Waals surface area contributed by atoms with E-state index in [4.69, 9.17) is 11.6 Å². The van der Waals surface area contributed by atoms with Gasteiger partial charge >= 0.3 is 0 Å². The first kappa shape index (κ1) is 12.5. The Morgan fingerprint density at radius 1 is 1.30 bits per heavy atom. The Kier molecular flexibility index (Phi) is 3.25. The van der Waals surface area contributed by atoms with Gasteiger partial charge in [-0.1, -0.05) is 0 Å². The molecule has 0 unspecified atom stereocenters. The van der Waals surface area contributed by atoms with Crippen molar-refractivity contribution < 1.29 is 0 Å².